The van der Waals surface area contributed by atoms with Crippen LogP contribution >= 0.6 is 0 Å². The Morgan fingerprint density at radius 3 is 3.10 bits per heavy atom. The zero-order chi connectivity index (χ0) is 14.8. The maximum atomic E-state index is 11.2. The van der Waals surface area contributed by atoms with Gasteiger partial charge in [-0.2, -0.15) is 0 Å². The number of aromatic nitrogens is 2. The lowest BCUT2D eigenvalue weighted by Gasteiger charge is -2.20. The number of nitrogens with zero attached hydrogens (tertiary/aromatic N) is 3. The van der Waals surface area contributed by atoms with Crippen LogP contribution in [0.5, 0.6) is 0 Å². The SMILES string of the molecule is CNCc1cn2c(N3CCC(NC(C)=O)C3)cccc2n1. The first-order valence-corrected chi connectivity index (χ1v) is 7.31. The van der Waals surface area contributed by atoms with Crippen LogP contribution in [0, 0.1) is 0 Å². The van der Waals surface area contributed by atoms with Gasteiger partial charge in [-0.25, -0.2) is 4.98 Å². The second-order valence-corrected chi connectivity index (χ2v) is 5.51. The molecule has 1 saturated heterocycles. The van der Waals surface area contributed by atoms with E-state index in [1.807, 2.05) is 19.2 Å². The zero-order valence-electron chi connectivity index (χ0n) is 12.5. The number of nitrogens with one attached hydrogen (secondary N) is 2. The number of anilines is 1. The van der Waals surface area contributed by atoms with Crippen molar-refractivity contribution in [2.45, 2.75) is 25.9 Å². The summed E-state index contributed by atoms with van der Waals surface area (Å²) in [6, 6.07) is 6.39. The first-order valence-electron chi connectivity index (χ1n) is 7.31. The molecule has 6 nitrogen and oxygen atoms in total. The van der Waals surface area contributed by atoms with Gasteiger partial charge in [-0.15, -0.1) is 0 Å². The van der Waals surface area contributed by atoms with E-state index in [-0.39, 0.29) is 11.9 Å². The minimum atomic E-state index is 0.0407. The van der Waals surface area contributed by atoms with Gasteiger partial charge in [0.25, 0.3) is 0 Å². The van der Waals surface area contributed by atoms with Gasteiger partial charge in [-0.05, 0) is 25.6 Å². The van der Waals surface area contributed by atoms with E-state index in [4.69, 9.17) is 0 Å². The Balaban J connectivity index is 1.85. The van der Waals surface area contributed by atoms with E-state index >= 15 is 0 Å². The number of carbonyl (C=O) groups is 1. The van der Waals surface area contributed by atoms with Gasteiger partial charge in [-0.1, -0.05) is 6.07 Å². The number of fused-ring (bicyclic) bond motifs is 1. The summed E-state index contributed by atoms with van der Waals surface area (Å²) in [5, 5.41) is 6.13. The summed E-state index contributed by atoms with van der Waals surface area (Å²) in [5.41, 5.74) is 1.99. The number of imidazole rings is 1. The normalized spacial score (nSPS) is 18.4. The molecule has 0 spiro atoms. The average Bonchev–Trinajstić information content (AvgIpc) is 3.04. The predicted octanol–water partition coefficient (Wildman–Crippen LogP) is 0.768. The molecule has 3 rings (SSSR count). The lowest BCUT2D eigenvalue weighted by molar-refractivity contribution is -0.119. The molecule has 112 valence electrons. The fraction of sp³-hybridized carbons (Fsp3) is 0.467. The van der Waals surface area contributed by atoms with Gasteiger partial charge in [0, 0.05) is 38.8 Å². The van der Waals surface area contributed by atoms with Gasteiger partial charge < -0.3 is 15.5 Å². The predicted molar refractivity (Wildman–Crippen MR) is 82.4 cm³/mol. The number of amides is 1. The van der Waals surface area contributed by atoms with Crippen molar-refractivity contribution in [2.24, 2.45) is 0 Å². The molecular weight excluding hydrogens is 266 g/mol. The topological polar surface area (TPSA) is 61.7 Å². The van der Waals surface area contributed by atoms with Crippen LogP contribution in [0.25, 0.3) is 5.65 Å². The van der Waals surface area contributed by atoms with Crippen molar-refractivity contribution in [3.05, 3.63) is 30.1 Å². The fourth-order valence-corrected chi connectivity index (χ4v) is 2.94. The monoisotopic (exact) mass is 287 g/mol. The molecule has 1 aliphatic heterocycles. The van der Waals surface area contributed by atoms with Crippen LogP contribution in [0.2, 0.25) is 0 Å². The van der Waals surface area contributed by atoms with Crippen molar-refractivity contribution in [1.82, 2.24) is 20.0 Å². The molecule has 1 fully saturated rings. The molecule has 0 bridgehead atoms. The summed E-state index contributed by atoms with van der Waals surface area (Å²) < 4.78 is 2.13. The quantitative estimate of drug-likeness (QED) is 0.872. The third-order valence-corrected chi connectivity index (χ3v) is 3.80. The number of rotatable bonds is 4. The van der Waals surface area contributed by atoms with Gasteiger partial charge in [0.1, 0.15) is 11.5 Å². The second kappa shape index (κ2) is 5.73. The van der Waals surface area contributed by atoms with E-state index in [1.165, 1.54) is 0 Å². The molecule has 1 aliphatic rings. The highest BCUT2D eigenvalue weighted by Crippen LogP contribution is 2.22. The van der Waals surface area contributed by atoms with Crippen molar-refractivity contribution in [3.8, 4) is 0 Å². The third kappa shape index (κ3) is 2.85. The largest absolute Gasteiger partial charge is 0.356 e. The Hall–Kier alpha value is -2.08. The molecule has 0 aliphatic carbocycles. The van der Waals surface area contributed by atoms with Crippen molar-refractivity contribution < 1.29 is 4.79 Å². The maximum Gasteiger partial charge on any atom is 0.217 e. The van der Waals surface area contributed by atoms with E-state index in [0.717, 1.165) is 43.2 Å². The summed E-state index contributed by atoms with van der Waals surface area (Å²) in [6.07, 6.45) is 3.06. The highest BCUT2D eigenvalue weighted by Gasteiger charge is 2.24. The standard InChI is InChI=1S/C15H21N5O/c1-11(21)17-12-6-7-19(9-12)15-5-3-4-14-18-13(8-16-2)10-20(14)15/h3-5,10,12,16H,6-9H2,1-2H3,(H,17,21). The highest BCUT2D eigenvalue weighted by atomic mass is 16.1. The van der Waals surface area contributed by atoms with Crippen molar-refractivity contribution in [1.29, 1.82) is 0 Å². The van der Waals surface area contributed by atoms with Crippen LogP contribution in [0.3, 0.4) is 0 Å². The van der Waals surface area contributed by atoms with Gasteiger partial charge in [0.2, 0.25) is 5.91 Å². The number of pyridine rings is 1. The Labute approximate surface area is 124 Å². The Morgan fingerprint density at radius 1 is 1.48 bits per heavy atom. The molecule has 2 aromatic rings. The summed E-state index contributed by atoms with van der Waals surface area (Å²) >= 11 is 0. The van der Waals surface area contributed by atoms with Crippen molar-refractivity contribution >= 4 is 17.4 Å². The molecule has 2 N–H and O–H groups in total. The Kier molecular flexibility index (Phi) is 3.79. The Morgan fingerprint density at radius 2 is 2.33 bits per heavy atom. The van der Waals surface area contributed by atoms with E-state index in [1.54, 1.807) is 6.92 Å². The molecule has 0 aromatic carbocycles. The average molecular weight is 287 g/mol. The molecule has 1 unspecified atom stereocenters. The van der Waals surface area contributed by atoms with Gasteiger partial charge in [0.05, 0.1) is 5.69 Å². The Bertz CT molecular complexity index is 651. The van der Waals surface area contributed by atoms with E-state index in [2.05, 4.69) is 37.2 Å². The van der Waals surface area contributed by atoms with Crippen LogP contribution in [-0.4, -0.2) is 41.5 Å². The van der Waals surface area contributed by atoms with E-state index in [9.17, 15) is 4.79 Å². The number of carbonyl (C=O) groups excluding carboxylic acids is 1. The van der Waals surface area contributed by atoms with Gasteiger partial charge >= 0.3 is 0 Å². The lowest BCUT2D eigenvalue weighted by atomic mass is 10.2. The molecule has 0 radical (unpaired) electrons. The minimum Gasteiger partial charge on any atom is -0.356 e. The molecule has 1 amide bonds. The molecule has 3 heterocycles. The van der Waals surface area contributed by atoms with Crippen molar-refractivity contribution in [3.63, 3.8) is 0 Å². The highest BCUT2D eigenvalue weighted by molar-refractivity contribution is 5.73. The minimum absolute atomic E-state index is 0.0407. The smallest absolute Gasteiger partial charge is 0.217 e. The van der Waals surface area contributed by atoms with Crippen LogP contribution < -0.4 is 15.5 Å². The maximum absolute atomic E-state index is 11.2. The molecule has 21 heavy (non-hydrogen) atoms. The molecular formula is C15H21N5O. The van der Waals surface area contributed by atoms with Crippen LogP contribution in [0.4, 0.5) is 5.82 Å². The summed E-state index contributed by atoms with van der Waals surface area (Å²) in [4.78, 5) is 18.1. The van der Waals surface area contributed by atoms with E-state index < -0.39 is 0 Å². The third-order valence-electron chi connectivity index (χ3n) is 3.80. The molecule has 2 aromatic heterocycles. The van der Waals surface area contributed by atoms with Crippen molar-refractivity contribution in [2.75, 3.05) is 25.0 Å². The molecule has 6 heteroatoms. The zero-order valence-corrected chi connectivity index (χ0v) is 12.5. The van der Waals surface area contributed by atoms with Crippen LogP contribution in [-0.2, 0) is 11.3 Å². The fourth-order valence-electron chi connectivity index (χ4n) is 2.94. The van der Waals surface area contributed by atoms with Crippen LogP contribution in [0.1, 0.15) is 19.0 Å². The summed E-state index contributed by atoms with van der Waals surface area (Å²) in [5.74, 6) is 1.18. The van der Waals surface area contributed by atoms with E-state index in [0.29, 0.717) is 0 Å². The molecule has 0 saturated carbocycles. The van der Waals surface area contributed by atoms with Gasteiger partial charge in [-0.3, -0.25) is 9.20 Å². The first-order chi connectivity index (χ1) is 10.2. The molecule has 1 atom stereocenters. The lowest BCUT2D eigenvalue weighted by Crippen LogP contribution is -2.35. The van der Waals surface area contributed by atoms with Gasteiger partial charge in [0.15, 0.2) is 0 Å². The summed E-state index contributed by atoms with van der Waals surface area (Å²) in [7, 11) is 1.92. The number of hydrogen-bond acceptors (Lipinski definition) is 4. The van der Waals surface area contributed by atoms with Crippen LogP contribution in [0.15, 0.2) is 24.4 Å². The second-order valence-electron chi connectivity index (χ2n) is 5.51. The summed E-state index contributed by atoms with van der Waals surface area (Å²) in [6.45, 7) is 4.13. The number of hydrogen-bond donors (Lipinski definition) is 2. The first kappa shape index (κ1) is 13.9.